The Morgan fingerprint density at radius 3 is 2.75 bits per heavy atom. The minimum Gasteiger partial charge on any atom is -0.464 e. The van der Waals surface area contributed by atoms with Gasteiger partial charge < -0.3 is 15.4 Å². The minimum atomic E-state index is -0.517. The van der Waals surface area contributed by atoms with E-state index in [-0.39, 0.29) is 11.9 Å². The molecule has 1 aromatic rings. The Morgan fingerprint density at radius 1 is 1.50 bits per heavy atom. The van der Waals surface area contributed by atoms with Gasteiger partial charge in [-0.1, -0.05) is 0 Å². The summed E-state index contributed by atoms with van der Waals surface area (Å²) in [6.45, 7) is 4.34. The summed E-state index contributed by atoms with van der Waals surface area (Å²) in [5.41, 5.74) is 7.22. The summed E-state index contributed by atoms with van der Waals surface area (Å²) in [5.74, 6) is -0.614. The predicted octanol–water partition coefficient (Wildman–Crippen LogP) is 0.478. The van der Waals surface area contributed by atoms with Crippen LogP contribution < -0.4 is 5.73 Å². The lowest BCUT2D eigenvalue weighted by atomic mass is 10.2. The van der Waals surface area contributed by atoms with Gasteiger partial charge in [0, 0.05) is 13.6 Å². The summed E-state index contributed by atoms with van der Waals surface area (Å²) in [6, 6.07) is -0.517. The third-order valence-electron chi connectivity index (χ3n) is 3.54. The van der Waals surface area contributed by atoms with Gasteiger partial charge in [0.25, 0.3) is 5.91 Å². The first-order valence-electron chi connectivity index (χ1n) is 6.74. The van der Waals surface area contributed by atoms with Crippen molar-refractivity contribution in [1.29, 1.82) is 0 Å². The number of aromatic nitrogens is 2. The van der Waals surface area contributed by atoms with E-state index in [1.54, 1.807) is 20.9 Å². The third-order valence-corrected chi connectivity index (χ3v) is 3.54. The van der Waals surface area contributed by atoms with Crippen LogP contribution in [0.1, 0.15) is 35.9 Å². The zero-order valence-electron chi connectivity index (χ0n) is 12.0. The Labute approximate surface area is 117 Å². The predicted molar refractivity (Wildman–Crippen MR) is 73.0 cm³/mol. The van der Waals surface area contributed by atoms with Gasteiger partial charge >= 0.3 is 5.97 Å². The number of nitrogens with zero attached hydrogens (tertiary/aromatic N) is 3. The van der Waals surface area contributed by atoms with Crippen LogP contribution in [0.4, 0.5) is 5.69 Å². The third kappa shape index (κ3) is 2.35. The molecule has 0 radical (unpaired) electrons. The largest absolute Gasteiger partial charge is 0.464 e. The molecule has 1 fully saturated rings. The van der Waals surface area contributed by atoms with E-state index in [4.69, 9.17) is 10.5 Å². The molecule has 1 amide bonds. The highest BCUT2D eigenvalue weighted by Gasteiger charge is 2.37. The maximum Gasteiger partial charge on any atom is 0.328 e. The number of carbonyl (C=O) groups is 2. The van der Waals surface area contributed by atoms with Crippen molar-refractivity contribution in [3.8, 4) is 0 Å². The number of hydrogen-bond donors (Lipinski definition) is 1. The summed E-state index contributed by atoms with van der Waals surface area (Å²) in [4.78, 5) is 26.0. The molecule has 1 unspecified atom stereocenters. The van der Waals surface area contributed by atoms with Gasteiger partial charge in [-0.2, -0.15) is 5.10 Å². The number of amides is 1. The van der Waals surface area contributed by atoms with Crippen LogP contribution in [0.15, 0.2) is 0 Å². The second-order valence-corrected chi connectivity index (χ2v) is 4.88. The Kier molecular flexibility index (Phi) is 3.96. The Hall–Kier alpha value is -2.05. The van der Waals surface area contributed by atoms with Gasteiger partial charge in [0.05, 0.1) is 18.0 Å². The molecule has 2 rings (SSSR count). The summed E-state index contributed by atoms with van der Waals surface area (Å²) >= 11 is 0. The van der Waals surface area contributed by atoms with Gasteiger partial charge in [0.1, 0.15) is 11.7 Å². The lowest BCUT2D eigenvalue weighted by molar-refractivity contribution is -0.147. The van der Waals surface area contributed by atoms with Crippen LogP contribution >= 0.6 is 0 Å². The van der Waals surface area contributed by atoms with Crippen molar-refractivity contribution in [1.82, 2.24) is 14.7 Å². The summed E-state index contributed by atoms with van der Waals surface area (Å²) in [7, 11) is 1.67. The van der Waals surface area contributed by atoms with Crippen LogP contribution in [-0.2, 0) is 16.6 Å². The first kappa shape index (κ1) is 14.4. The molecule has 0 spiro atoms. The van der Waals surface area contributed by atoms with Crippen molar-refractivity contribution >= 4 is 17.6 Å². The van der Waals surface area contributed by atoms with Gasteiger partial charge in [-0.3, -0.25) is 9.48 Å². The molecule has 1 atom stereocenters. The molecule has 1 aliphatic heterocycles. The molecular weight excluding hydrogens is 260 g/mol. The van der Waals surface area contributed by atoms with Crippen molar-refractivity contribution in [2.45, 2.75) is 32.7 Å². The van der Waals surface area contributed by atoms with Crippen LogP contribution in [0.2, 0.25) is 0 Å². The molecule has 20 heavy (non-hydrogen) atoms. The first-order valence-corrected chi connectivity index (χ1v) is 6.74. The van der Waals surface area contributed by atoms with Crippen molar-refractivity contribution in [2.24, 2.45) is 7.05 Å². The van der Waals surface area contributed by atoms with Crippen LogP contribution in [0.5, 0.6) is 0 Å². The number of carbonyl (C=O) groups excluding carboxylic acids is 2. The fourth-order valence-electron chi connectivity index (χ4n) is 2.56. The molecule has 1 saturated heterocycles. The molecule has 0 aliphatic carbocycles. The number of nitrogens with two attached hydrogens (primary N) is 1. The SMILES string of the molecule is CCOC(=O)C1CCCN1C(=O)c1c(N)c(C)nn1C. The number of ether oxygens (including phenoxy) is 1. The van der Waals surface area contributed by atoms with Crippen LogP contribution in [-0.4, -0.2) is 45.8 Å². The molecule has 0 saturated carbocycles. The molecule has 1 aromatic heterocycles. The van der Waals surface area contributed by atoms with Crippen LogP contribution in [0, 0.1) is 6.92 Å². The average molecular weight is 280 g/mol. The number of likely N-dealkylation sites (tertiary alicyclic amines) is 1. The first-order chi connectivity index (χ1) is 9.47. The zero-order valence-corrected chi connectivity index (χ0v) is 12.0. The van der Waals surface area contributed by atoms with E-state index in [1.807, 2.05) is 0 Å². The van der Waals surface area contributed by atoms with E-state index >= 15 is 0 Å². The maximum atomic E-state index is 12.6. The summed E-state index contributed by atoms with van der Waals surface area (Å²) < 4.78 is 6.49. The smallest absolute Gasteiger partial charge is 0.328 e. The summed E-state index contributed by atoms with van der Waals surface area (Å²) in [5, 5.41) is 4.14. The number of rotatable bonds is 3. The van der Waals surface area contributed by atoms with E-state index in [9.17, 15) is 9.59 Å². The standard InChI is InChI=1S/C13H20N4O3/c1-4-20-13(19)9-6-5-7-17(9)12(18)11-10(14)8(2)15-16(11)3/h9H,4-7,14H2,1-3H3. The molecule has 7 heteroatoms. The van der Waals surface area contributed by atoms with E-state index < -0.39 is 6.04 Å². The van der Waals surface area contributed by atoms with E-state index in [0.717, 1.165) is 6.42 Å². The topological polar surface area (TPSA) is 90.4 Å². The Morgan fingerprint density at radius 2 is 2.20 bits per heavy atom. The van der Waals surface area contributed by atoms with Gasteiger partial charge in [-0.15, -0.1) is 0 Å². The molecule has 0 bridgehead atoms. The highest BCUT2D eigenvalue weighted by Crippen LogP contribution is 2.24. The molecule has 1 aliphatic rings. The van der Waals surface area contributed by atoms with E-state index in [0.29, 0.717) is 36.6 Å². The maximum absolute atomic E-state index is 12.6. The van der Waals surface area contributed by atoms with Crippen LogP contribution in [0.3, 0.4) is 0 Å². The van der Waals surface area contributed by atoms with E-state index in [1.165, 1.54) is 9.58 Å². The monoisotopic (exact) mass is 280 g/mol. The van der Waals surface area contributed by atoms with Crippen molar-refractivity contribution < 1.29 is 14.3 Å². The highest BCUT2D eigenvalue weighted by atomic mass is 16.5. The molecule has 7 nitrogen and oxygen atoms in total. The number of hydrogen-bond acceptors (Lipinski definition) is 5. The van der Waals surface area contributed by atoms with Gasteiger partial charge in [0.15, 0.2) is 0 Å². The van der Waals surface area contributed by atoms with Crippen LogP contribution in [0.25, 0.3) is 0 Å². The molecular formula is C13H20N4O3. The number of nitrogen functional groups attached to an aromatic ring is 1. The molecule has 2 N–H and O–H groups in total. The number of anilines is 1. The van der Waals surface area contributed by atoms with Gasteiger partial charge in [0.2, 0.25) is 0 Å². The van der Waals surface area contributed by atoms with E-state index in [2.05, 4.69) is 5.10 Å². The quantitative estimate of drug-likeness (QED) is 0.813. The zero-order chi connectivity index (χ0) is 14.9. The second-order valence-electron chi connectivity index (χ2n) is 4.88. The normalized spacial score (nSPS) is 18.4. The number of aryl methyl sites for hydroxylation is 2. The molecule has 110 valence electrons. The van der Waals surface area contributed by atoms with Crippen molar-refractivity contribution in [3.05, 3.63) is 11.4 Å². The number of esters is 1. The summed E-state index contributed by atoms with van der Waals surface area (Å²) in [6.07, 6.45) is 1.41. The molecule has 0 aromatic carbocycles. The van der Waals surface area contributed by atoms with Crippen molar-refractivity contribution in [2.75, 3.05) is 18.9 Å². The van der Waals surface area contributed by atoms with Gasteiger partial charge in [-0.05, 0) is 26.7 Å². The molecule has 2 heterocycles. The lowest BCUT2D eigenvalue weighted by Gasteiger charge is -2.23. The minimum absolute atomic E-state index is 0.263. The average Bonchev–Trinajstić information content (AvgIpc) is 2.96. The van der Waals surface area contributed by atoms with Crippen molar-refractivity contribution in [3.63, 3.8) is 0 Å². The second kappa shape index (κ2) is 5.52. The fraction of sp³-hybridized carbons (Fsp3) is 0.615. The van der Waals surface area contributed by atoms with Gasteiger partial charge in [-0.25, -0.2) is 4.79 Å². The Bertz CT molecular complexity index is 538. The highest BCUT2D eigenvalue weighted by molar-refractivity contribution is 6.00. The Balaban J connectivity index is 2.26. The fourth-order valence-corrected chi connectivity index (χ4v) is 2.56. The lowest BCUT2D eigenvalue weighted by Crippen LogP contribution is -2.42.